The Hall–Kier alpha value is -1.52. The van der Waals surface area contributed by atoms with Crippen LogP contribution < -0.4 is 10.6 Å². The number of aryl methyl sites for hydroxylation is 1. The van der Waals surface area contributed by atoms with Gasteiger partial charge in [0, 0.05) is 15.2 Å². The summed E-state index contributed by atoms with van der Waals surface area (Å²) in [6, 6.07) is 13.1. The molecule has 1 amide bonds. The number of hydrogen-bond acceptors (Lipinski definition) is 2. The maximum atomic E-state index is 11.9. The lowest BCUT2D eigenvalue weighted by atomic mass is 10.2. The van der Waals surface area contributed by atoms with Crippen LogP contribution in [0.1, 0.15) is 5.56 Å². The van der Waals surface area contributed by atoms with Gasteiger partial charge in [0.05, 0.1) is 12.2 Å². The summed E-state index contributed by atoms with van der Waals surface area (Å²) in [6.07, 6.45) is 0. The third kappa shape index (κ3) is 3.99. The largest absolute Gasteiger partial charge is 0.375 e. The van der Waals surface area contributed by atoms with Crippen LogP contribution in [0.25, 0.3) is 0 Å². The van der Waals surface area contributed by atoms with E-state index in [1.165, 1.54) is 0 Å². The van der Waals surface area contributed by atoms with E-state index in [9.17, 15) is 4.79 Å². The molecular weight excluding hydrogens is 340 g/mol. The van der Waals surface area contributed by atoms with Gasteiger partial charge in [-0.1, -0.05) is 29.8 Å². The third-order valence-electron chi connectivity index (χ3n) is 2.79. The highest BCUT2D eigenvalue weighted by atomic mass is 79.9. The summed E-state index contributed by atoms with van der Waals surface area (Å²) in [4.78, 5) is 11.9. The van der Waals surface area contributed by atoms with Crippen LogP contribution in [-0.2, 0) is 4.79 Å². The molecule has 0 bridgehead atoms. The Kier molecular flexibility index (Phi) is 5.04. The monoisotopic (exact) mass is 352 g/mol. The summed E-state index contributed by atoms with van der Waals surface area (Å²) in [6.45, 7) is 2.13. The molecule has 0 radical (unpaired) electrons. The van der Waals surface area contributed by atoms with Gasteiger partial charge in [-0.2, -0.15) is 0 Å². The zero-order chi connectivity index (χ0) is 14.5. The summed E-state index contributed by atoms with van der Waals surface area (Å²) in [5.41, 5.74) is 2.65. The van der Waals surface area contributed by atoms with E-state index in [1.54, 1.807) is 12.1 Å². The fourth-order valence-corrected chi connectivity index (χ4v) is 2.27. The molecule has 0 spiro atoms. The number of nitrogens with one attached hydrogen (secondary N) is 2. The zero-order valence-electron chi connectivity index (χ0n) is 10.9. The van der Waals surface area contributed by atoms with E-state index in [0.29, 0.717) is 5.02 Å². The number of halogens is 2. The number of carbonyl (C=O) groups is 1. The smallest absolute Gasteiger partial charge is 0.243 e. The quantitative estimate of drug-likeness (QED) is 0.852. The Labute approximate surface area is 131 Å². The fraction of sp³-hybridized carbons (Fsp3) is 0.133. The first kappa shape index (κ1) is 14.9. The Morgan fingerprint density at radius 2 is 1.95 bits per heavy atom. The molecule has 0 fully saturated rings. The van der Waals surface area contributed by atoms with Crippen LogP contribution in [0, 0.1) is 6.92 Å². The molecule has 0 heterocycles. The molecule has 0 aliphatic carbocycles. The van der Waals surface area contributed by atoms with E-state index in [4.69, 9.17) is 11.6 Å². The van der Waals surface area contributed by atoms with Gasteiger partial charge in [-0.05, 0) is 52.7 Å². The molecule has 104 valence electrons. The highest BCUT2D eigenvalue weighted by molar-refractivity contribution is 9.10. The molecule has 0 aliphatic heterocycles. The number of anilines is 2. The van der Waals surface area contributed by atoms with Gasteiger partial charge in [0.2, 0.25) is 5.91 Å². The summed E-state index contributed by atoms with van der Waals surface area (Å²) in [5, 5.41) is 6.54. The van der Waals surface area contributed by atoms with Crippen molar-refractivity contribution in [2.75, 3.05) is 17.2 Å². The van der Waals surface area contributed by atoms with Crippen molar-refractivity contribution in [1.82, 2.24) is 0 Å². The van der Waals surface area contributed by atoms with Gasteiger partial charge >= 0.3 is 0 Å². The predicted molar refractivity (Wildman–Crippen MR) is 87.5 cm³/mol. The molecule has 0 aliphatic rings. The van der Waals surface area contributed by atoms with E-state index >= 15 is 0 Å². The normalized spacial score (nSPS) is 10.2. The van der Waals surface area contributed by atoms with Crippen LogP contribution in [0.5, 0.6) is 0 Å². The lowest BCUT2D eigenvalue weighted by Crippen LogP contribution is -2.22. The number of benzene rings is 2. The van der Waals surface area contributed by atoms with Crippen molar-refractivity contribution >= 4 is 44.8 Å². The zero-order valence-corrected chi connectivity index (χ0v) is 13.3. The molecule has 20 heavy (non-hydrogen) atoms. The average molecular weight is 354 g/mol. The lowest BCUT2D eigenvalue weighted by Gasteiger charge is -2.11. The van der Waals surface area contributed by atoms with Crippen LogP contribution in [0.3, 0.4) is 0 Å². The van der Waals surface area contributed by atoms with Crippen LogP contribution in [0.4, 0.5) is 11.4 Å². The topological polar surface area (TPSA) is 41.1 Å². The minimum absolute atomic E-state index is 0.105. The summed E-state index contributed by atoms with van der Waals surface area (Å²) in [5.74, 6) is -0.105. The van der Waals surface area contributed by atoms with Gasteiger partial charge in [-0.25, -0.2) is 0 Å². The molecular formula is C15H14BrClN2O. The molecule has 0 saturated carbocycles. The van der Waals surface area contributed by atoms with Crippen molar-refractivity contribution < 1.29 is 4.79 Å². The molecule has 2 aromatic rings. The van der Waals surface area contributed by atoms with Gasteiger partial charge in [0.1, 0.15) is 0 Å². The second-order valence-corrected chi connectivity index (χ2v) is 5.63. The second-order valence-electron chi connectivity index (χ2n) is 4.34. The first-order chi connectivity index (χ1) is 9.56. The van der Waals surface area contributed by atoms with Gasteiger partial charge in [0.15, 0.2) is 0 Å². The van der Waals surface area contributed by atoms with E-state index in [0.717, 1.165) is 21.4 Å². The average Bonchev–Trinajstić information content (AvgIpc) is 2.42. The van der Waals surface area contributed by atoms with Gasteiger partial charge in [-0.3, -0.25) is 4.79 Å². The van der Waals surface area contributed by atoms with Crippen LogP contribution in [-0.4, -0.2) is 12.5 Å². The molecule has 0 saturated heterocycles. The van der Waals surface area contributed by atoms with Crippen molar-refractivity contribution in [3.63, 3.8) is 0 Å². The molecule has 0 atom stereocenters. The number of amides is 1. The fourth-order valence-electron chi connectivity index (χ4n) is 1.72. The molecule has 2 rings (SSSR count). The van der Waals surface area contributed by atoms with Gasteiger partial charge < -0.3 is 10.6 Å². The number of rotatable bonds is 4. The minimum Gasteiger partial charge on any atom is -0.375 e. The van der Waals surface area contributed by atoms with Gasteiger partial charge in [-0.15, -0.1) is 0 Å². The first-order valence-corrected chi connectivity index (χ1v) is 7.28. The van der Waals surface area contributed by atoms with E-state index in [-0.39, 0.29) is 12.5 Å². The number of para-hydroxylation sites is 1. The highest BCUT2D eigenvalue weighted by Gasteiger charge is 2.06. The Bertz CT molecular complexity index is 631. The Balaban J connectivity index is 1.96. The van der Waals surface area contributed by atoms with Crippen LogP contribution in [0.2, 0.25) is 5.02 Å². The highest BCUT2D eigenvalue weighted by Crippen LogP contribution is 2.25. The first-order valence-electron chi connectivity index (χ1n) is 6.10. The Morgan fingerprint density at radius 1 is 1.20 bits per heavy atom. The molecule has 5 heteroatoms. The SMILES string of the molecule is Cc1ccccc1NC(=O)CNc1cc(Cl)ccc1Br. The van der Waals surface area contributed by atoms with Crippen molar-refractivity contribution in [2.24, 2.45) is 0 Å². The standard InChI is InChI=1S/C15H14BrClN2O/c1-10-4-2-3-5-13(10)19-15(20)9-18-14-8-11(17)6-7-12(14)16/h2-8,18H,9H2,1H3,(H,19,20). The summed E-state index contributed by atoms with van der Waals surface area (Å²) >= 11 is 9.33. The van der Waals surface area contributed by atoms with Gasteiger partial charge in [0.25, 0.3) is 0 Å². The van der Waals surface area contributed by atoms with Crippen molar-refractivity contribution in [3.8, 4) is 0 Å². The molecule has 0 unspecified atom stereocenters. The lowest BCUT2D eigenvalue weighted by molar-refractivity contribution is -0.114. The Morgan fingerprint density at radius 3 is 2.70 bits per heavy atom. The summed E-state index contributed by atoms with van der Waals surface area (Å²) in [7, 11) is 0. The molecule has 0 aromatic heterocycles. The van der Waals surface area contributed by atoms with Crippen molar-refractivity contribution in [3.05, 3.63) is 57.5 Å². The minimum atomic E-state index is -0.105. The molecule has 3 nitrogen and oxygen atoms in total. The predicted octanol–water partition coefficient (Wildman–Crippen LogP) is 4.46. The second kappa shape index (κ2) is 6.77. The molecule has 2 N–H and O–H groups in total. The molecule has 2 aromatic carbocycles. The maximum Gasteiger partial charge on any atom is 0.243 e. The third-order valence-corrected chi connectivity index (χ3v) is 3.71. The van der Waals surface area contributed by atoms with Crippen LogP contribution >= 0.6 is 27.5 Å². The van der Waals surface area contributed by atoms with E-state index < -0.39 is 0 Å². The maximum absolute atomic E-state index is 11.9. The number of hydrogen-bond donors (Lipinski definition) is 2. The van der Waals surface area contributed by atoms with E-state index in [2.05, 4.69) is 26.6 Å². The van der Waals surface area contributed by atoms with Crippen molar-refractivity contribution in [2.45, 2.75) is 6.92 Å². The summed E-state index contributed by atoms with van der Waals surface area (Å²) < 4.78 is 0.866. The van der Waals surface area contributed by atoms with Crippen molar-refractivity contribution in [1.29, 1.82) is 0 Å². The van der Waals surface area contributed by atoms with Crippen LogP contribution in [0.15, 0.2) is 46.9 Å². The van der Waals surface area contributed by atoms with E-state index in [1.807, 2.05) is 37.3 Å². The number of carbonyl (C=O) groups excluding carboxylic acids is 1.